The van der Waals surface area contributed by atoms with E-state index in [-0.39, 0.29) is 0 Å². The summed E-state index contributed by atoms with van der Waals surface area (Å²) in [5.74, 6) is -0.591. The monoisotopic (exact) mass is 174 g/mol. The lowest BCUT2D eigenvalue weighted by atomic mass is 10.0. The van der Waals surface area contributed by atoms with E-state index in [0.717, 1.165) is 6.54 Å². The molecule has 0 aromatic heterocycles. The largest absolute Gasteiger partial charge is 0.480 e. The Morgan fingerprint density at radius 3 is 2.42 bits per heavy atom. The smallest absolute Gasteiger partial charge is 0.320 e. The van der Waals surface area contributed by atoms with Crippen molar-refractivity contribution in [3.8, 4) is 0 Å². The maximum absolute atomic E-state index is 10.4. The van der Waals surface area contributed by atoms with Gasteiger partial charge >= 0.3 is 5.97 Å². The van der Waals surface area contributed by atoms with E-state index < -0.39 is 12.0 Å². The molecule has 0 rings (SSSR count). The first-order chi connectivity index (χ1) is 5.43. The molecule has 0 heterocycles. The Kier molecular flexibility index (Phi) is 4.85. The van der Waals surface area contributed by atoms with E-state index in [1.807, 2.05) is 25.9 Å². The molecule has 0 bridgehead atoms. The van der Waals surface area contributed by atoms with Crippen LogP contribution < -0.4 is 5.73 Å². The third-order valence-corrected chi connectivity index (χ3v) is 1.65. The van der Waals surface area contributed by atoms with Gasteiger partial charge in [-0.2, -0.15) is 0 Å². The minimum atomic E-state index is -0.916. The summed E-state index contributed by atoms with van der Waals surface area (Å²) in [5, 5.41) is 8.53. The first-order valence-corrected chi connectivity index (χ1v) is 4.06. The lowest BCUT2D eigenvalue weighted by Gasteiger charge is -2.18. The van der Waals surface area contributed by atoms with Gasteiger partial charge in [-0.15, -0.1) is 0 Å². The molecule has 0 fully saturated rings. The van der Waals surface area contributed by atoms with Crippen LogP contribution in [0.15, 0.2) is 0 Å². The summed E-state index contributed by atoms with van der Waals surface area (Å²) < 4.78 is 0. The lowest BCUT2D eigenvalue weighted by Crippen LogP contribution is -2.34. The number of carbonyl (C=O) groups is 1. The van der Waals surface area contributed by atoms with Crippen molar-refractivity contribution in [2.24, 2.45) is 11.7 Å². The van der Waals surface area contributed by atoms with Crippen LogP contribution >= 0.6 is 0 Å². The summed E-state index contributed by atoms with van der Waals surface area (Å²) >= 11 is 0. The van der Waals surface area contributed by atoms with Crippen LogP contribution in [0.5, 0.6) is 0 Å². The van der Waals surface area contributed by atoms with Gasteiger partial charge in [-0.25, -0.2) is 0 Å². The number of rotatable bonds is 5. The number of nitrogens with zero attached hydrogens (tertiary/aromatic N) is 1. The van der Waals surface area contributed by atoms with E-state index in [1.165, 1.54) is 0 Å². The normalized spacial score (nSPS) is 16.1. The van der Waals surface area contributed by atoms with E-state index in [9.17, 15) is 4.79 Å². The second-order valence-electron chi connectivity index (χ2n) is 3.55. The molecule has 3 N–H and O–H groups in total. The zero-order valence-electron chi connectivity index (χ0n) is 7.95. The third kappa shape index (κ3) is 5.09. The van der Waals surface area contributed by atoms with Crippen molar-refractivity contribution < 1.29 is 9.90 Å². The molecule has 0 aromatic carbocycles. The molecule has 12 heavy (non-hydrogen) atoms. The highest BCUT2D eigenvalue weighted by molar-refractivity contribution is 5.72. The molecule has 4 heteroatoms. The zero-order valence-corrected chi connectivity index (χ0v) is 7.95. The van der Waals surface area contributed by atoms with Crippen LogP contribution in [0.25, 0.3) is 0 Å². The third-order valence-electron chi connectivity index (χ3n) is 1.65. The molecule has 0 amide bonds. The number of nitrogens with two attached hydrogens (primary N) is 1. The van der Waals surface area contributed by atoms with E-state index in [1.54, 1.807) is 0 Å². The first kappa shape index (κ1) is 11.4. The summed E-state index contributed by atoms with van der Waals surface area (Å²) in [6.07, 6.45) is 0.535. The predicted octanol–water partition coefficient (Wildman–Crippen LogP) is -0.0139. The fourth-order valence-electron chi connectivity index (χ4n) is 1.23. The van der Waals surface area contributed by atoms with Gasteiger partial charge in [-0.05, 0) is 26.4 Å². The highest BCUT2D eigenvalue weighted by Gasteiger charge is 2.15. The molecule has 0 radical (unpaired) electrons. The zero-order chi connectivity index (χ0) is 9.72. The molecule has 2 unspecified atom stereocenters. The fraction of sp³-hybridized carbons (Fsp3) is 0.875. The van der Waals surface area contributed by atoms with Gasteiger partial charge in [0, 0.05) is 6.54 Å². The Hall–Kier alpha value is -0.610. The molecule has 2 atom stereocenters. The Morgan fingerprint density at radius 1 is 1.58 bits per heavy atom. The van der Waals surface area contributed by atoms with Crippen LogP contribution in [0.2, 0.25) is 0 Å². The SMILES string of the molecule is CC(CC(N)C(=O)O)CN(C)C. The van der Waals surface area contributed by atoms with Crippen molar-refractivity contribution in [1.82, 2.24) is 4.90 Å². The fourth-order valence-corrected chi connectivity index (χ4v) is 1.23. The maximum atomic E-state index is 10.4. The van der Waals surface area contributed by atoms with Crippen molar-refractivity contribution in [3.63, 3.8) is 0 Å². The van der Waals surface area contributed by atoms with E-state index in [4.69, 9.17) is 10.8 Å². The molecule has 0 spiro atoms. The van der Waals surface area contributed by atoms with Gasteiger partial charge in [-0.1, -0.05) is 6.92 Å². The Balaban J connectivity index is 3.68. The van der Waals surface area contributed by atoms with Gasteiger partial charge in [0.05, 0.1) is 0 Å². The molecule has 4 nitrogen and oxygen atoms in total. The van der Waals surface area contributed by atoms with Gasteiger partial charge in [0.25, 0.3) is 0 Å². The lowest BCUT2D eigenvalue weighted by molar-refractivity contribution is -0.138. The molecule has 0 aliphatic carbocycles. The number of aliphatic carboxylic acids is 1. The van der Waals surface area contributed by atoms with Crippen molar-refractivity contribution in [2.75, 3.05) is 20.6 Å². The molecular formula is C8H18N2O2. The topological polar surface area (TPSA) is 66.6 Å². The Morgan fingerprint density at radius 2 is 2.08 bits per heavy atom. The minimum Gasteiger partial charge on any atom is -0.480 e. The summed E-state index contributed by atoms with van der Waals surface area (Å²) in [6, 6.07) is -0.722. The van der Waals surface area contributed by atoms with Gasteiger partial charge in [0.15, 0.2) is 0 Å². The van der Waals surface area contributed by atoms with E-state index >= 15 is 0 Å². The number of carboxylic acids is 1. The van der Waals surface area contributed by atoms with E-state index in [2.05, 4.69) is 0 Å². The van der Waals surface area contributed by atoms with Crippen molar-refractivity contribution in [1.29, 1.82) is 0 Å². The molecule has 0 aliphatic rings. The molecule has 0 saturated heterocycles. The number of carboxylic acid groups (broad SMARTS) is 1. The number of hydrogen-bond donors (Lipinski definition) is 2. The van der Waals surface area contributed by atoms with Gasteiger partial charge < -0.3 is 15.7 Å². The molecule has 0 saturated carbocycles. The summed E-state index contributed by atoms with van der Waals surface area (Å²) in [4.78, 5) is 12.4. The highest BCUT2D eigenvalue weighted by Crippen LogP contribution is 2.05. The first-order valence-electron chi connectivity index (χ1n) is 4.06. The van der Waals surface area contributed by atoms with Crippen LogP contribution in [0.1, 0.15) is 13.3 Å². The summed E-state index contributed by atoms with van der Waals surface area (Å²) in [5.41, 5.74) is 5.38. The molecule has 72 valence electrons. The van der Waals surface area contributed by atoms with Gasteiger partial charge in [0.2, 0.25) is 0 Å². The van der Waals surface area contributed by atoms with Gasteiger partial charge in [-0.3, -0.25) is 4.79 Å². The second-order valence-corrected chi connectivity index (χ2v) is 3.55. The van der Waals surface area contributed by atoms with E-state index in [0.29, 0.717) is 12.3 Å². The quantitative estimate of drug-likeness (QED) is 0.615. The van der Waals surface area contributed by atoms with Crippen LogP contribution in [0.4, 0.5) is 0 Å². The standard InChI is InChI=1S/C8H18N2O2/c1-6(5-10(2)3)4-7(9)8(11)12/h6-7H,4-5,9H2,1-3H3,(H,11,12). The van der Waals surface area contributed by atoms with Crippen LogP contribution in [-0.2, 0) is 4.79 Å². The van der Waals surface area contributed by atoms with Crippen molar-refractivity contribution in [3.05, 3.63) is 0 Å². The second kappa shape index (κ2) is 5.11. The van der Waals surface area contributed by atoms with Crippen LogP contribution in [0, 0.1) is 5.92 Å². The van der Waals surface area contributed by atoms with Crippen LogP contribution in [-0.4, -0.2) is 42.7 Å². The maximum Gasteiger partial charge on any atom is 0.320 e. The van der Waals surface area contributed by atoms with Crippen LogP contribution in [0.3, 0.4) is 0 Å². The average Bonchev–Trinajstić information content (AvgIpc) is 1.84. The van der Waals surface area contributed by atoms with Crippen molar-refractivity contribution in [2.45, 2.75) is 19.4 Å². The molecule has 0 aliphatic heterocycles. The molecular weight excluding hydrogens is 156 g/mol. The Bertz CT molecular complexity index is 148. The van der Waals surface area contributed by atoms with Crippen molar-refractivity contribution >= 4 is 5.97 Å². The summed E-state index contributed by atoms with van der Waals surface area (Å²) in [6.45, 7) is 2.88. The molecule has 0 aromatic rings. The Labute approximate surface area is 73.3 Å². The minimum absolute atomic E-state index is 0.325. The van der Waals surface area contributed by atoms with Gasteiger partial charge in [0.1, 0.15) is 6.04 Å². The highest BCUT2D eigenvalue weighted by atomic mass is 16.4. The average molecular weight is 174 g/mol. The predicted molar refractivity (Wildman–Crippen MR) is 47.9 cm³/mol. The summed E-state index contributed by atoms with van der Waals surface area (Å²) in [7, 11) is 3.92. The number of hydrogen-bond acceptors (Lipinski definition) is 3.